The number of hydrogen-bond acceptors (Lipinski definition) is 8. The standard InChI is InChI=1S/C37H48N4O6S/c1-24(27-13-15-28(16-14-27)33-25(2)38-23-48-33)39-35(45)31-20-29(43)21-41(31)36(46)34(37(3,4)5)40-32(44)10-8-6-7-9-19-47-30-17-11-26(22-42)12-18-30/h11-18,22-24,29,31,34,43H,6-10,19-21H2,1-5H3,(H,39,45)(H,40,44). The molecule has 0 saturated carbocycles. The number of carbonyl (C=O) groups is 4. The molecule has 48 heavy (non-hydrogen) atoms. The van der Waals surface area contributed by atoms with Gasteiger partial charge in [-0.25, -0.2) is 4.98 Å². The van der Waals surface area contributed by atoms with Gasteiger partial charge in [-0.1, -0.05) is 57.9 Å². The number of thiazole rings is 1. The fraction of sp³-hybridized carbons (Fsp3) is 0.486. The lowest BCUT2D eigenvalue weighted by molar-refractivity contribution is -0.144. The van der Waals surface area contributed by atoms with Crippen LogP contribution >= 0.6 is 11.3 Å². The van der Waals surface area contributed by atoms with E-state index >= 15 is 0 Å². The molecule has 3 amide bonds. The molecule has 0 radical (unpaired) electrons. The number of unbranched alkanes of at least 4 members (excludes halogenated alkanes) is 3. The predicted molar refractivity (Wildman–Crippen MR) is 187 cm³/mol. The van der Waals surface area contributed by atoms with Crippen molar-refractivity contribution in [3.05, 3.63) is 70.9 Å². The first-order valence-electron chi connectivity index (χ1n) is 16.6. The lowest BCUT2D eigenvalue weighted by Gasteiger charge is -2.35. The van der Waals surface area contributed by atoms with E-state index in [2.05, 4.69) is 15.6 Å². The summed E-state index contributed by atoms with van der Waals surface area (Å²) < 4.78 is 5.71. The zero-order chi connectivity index (χ0) is 34.8. The van der Waals surface area contributed by atoms with Gasteiger partial charge in [0.25, 0.3) is 0 Å². The van der Waals surface area contributed by atoms with Crippen molar-refractivity contribution < 1.29 is 29.0 Å². The van der Waals surface area contributed by atoms with Crippen LogP contribution < -0.4 is 15.4 Å². The summed E-state index contributed by atoms with van der Waals surface area (Å²) in [4.78, 5) is 58.0. The van der Waals surface area contributed by atoms with Gasteiger partial charge in [0.15, 0.2) is 0 Å². The van der Waals surface area contributed by atoms with Gasteiger partial charge in [0.1, 0.15) is 24.1 Å². The number of aliphatic hydroxyl groups excluding tert-OH is 1. The molecule has 11 heteroatoms. The minimum absolute atomic E-state index is 0.0277. The normalized spacial score (nSPS) is 17.4. The minimum Gasteiger partial charge on any atom is -0.494 e. The fourth-order valence-corrected chi connectivity index (χ4v) is 6.63. The smallest absolute Gasteiger partial charge is 0.246 e. The maximum Gasteiger partial charge on any atom is 0.246 e. The van der Waals surface area contributed by atoms with Gasteiger partial charge in [0.2, 0.25) is 17.7 Å². The van der Waals surface area contributed by atoms with Crippen molar-refractivity contribution in [1.29, 1.82) is 0 Å². The third-order valence-electron chi connectivity index (χ3n) is 8.64. The van der Waals surface area contributed by atoms with Gasteiger partial charge in [0, 0.05) is 24.9 Å². The number of aldehydes is 1. The molecule has 1 fully saturated rings. The second-order valence-electron chi connectivity index (χ2n) is 13.6. The van der Waals surface area contributed by atoms with Crippen LogP contribution in [0.15, 0.2) is 54.0 Å². The van der Waals surface area contributed by atoms with Crippen molar-refractivity contribution in [2.45, 2.75) is 97.4 Å². The van der Waals surface area contributed by atoms with Gasteiger partial charge in [-0.2, -0.15) is 0 Å². The van der Waals surface area contributed by atoms with Crippen LogP contribution in [0.5, 0.6) is 5.75 Å². The maximum atomic E-state index is 13.9. The van der Waals surface area contributed by atoms with Gasteiger partial charge in [-0.3, -0.25) is 19.2 Å². The number of hydrogen-bond donors (Lipinski definition) is 3. The van der Waals surface area contributed by atoms with Crippen LogP contribution in [0.1, 0.15) is 93.9 Å². The first-order chi connectivity index (χ1) is 22.9. The largest absolute Gasteiger partial charge is 0.494 e. The Labute approximate surface area is 287 Å². The van der Waals surface area contributed by atoms with Gasteiger partial charge < -0.3 is 25.4 Å². The van der Waals surface area contributed by atoms with Crippen LogP contribution in [0.3, 0.4) is 0 Å². The zero-order valence-corrected chi connectivity index (χ0v) is 29.3. The quantitative estimate of drug-likeness (QED) is 0.140. The van der Waals surface area contributed by atoms with Crippen LogP contribution in [0.25, 0.3) is 10.4 Å². The molecule has 3 aromatic rings. The Morgan fingerprint density at radius 1 is 1.04 bits per heavy atom. The van der Waals surface area contributed by atoms with Gasteiger partial charge >= 0.3 is 0 Å². The summed E-state index contributed by atoms with van der Waals surface area (Å²) in [6.45, 7) is 10.1. The van der Waals surface area contributed by atoms with E-state index in [1.165, 1.54) is 4.90 Å². The van der Waals surface area contributed by atoms with Crippen LogP contribution in [0, 0.1) is 12.3 Å². The highest BCUT2D eigenvalue weighted by Crippen LogP contribution is 2.29. The van der Waals surface area contributed by atoms with Crippen LogP contribution in [-0.4, -0.2) is 70.3 Å². The van der Waals surface area contributed by atoms with Crippen molar-refractivity contribution in [2.24, 2.45) is 5.41 Å². The molecule has 4 rings (SSSR count). The lowest BCUT2D eigenvalue weighted by Crippen LogP contribution is -2.57. The fourth-order valence-electron chi connectivity index (χ4n) is 5.82. The maximum absolute atomic E-state index is 13.9. The molecule has 0 spiro atoms. The molecule has 2 heterocycles. The summed E-state index contributed by atoms with van der Waals surface area (Å²) in [6.07, 6.45) is 3.59. The van der Waals surface area contributed by atoms with E-state index in [1.807, 2.05) is 64.4 Å². The molecule has 4 atom stereocenters. The summed E-state index contributed by atoms with van der Waals surface area (Å²) in [5.74, 6) is -0.217. The molecular formula is C37H48N4O6S. The number of aliphatic hydroxyl groups is 1. The topological polar surface area (TPSA) is 138 Å². The summed E-state index contributed by atoms with van der Waals surface area (Å²) in [5.41, 5.74) is 4.76. The third-order valence-corrected chi connectivity index (χ3v) is 9.62. The number of rotatable bonds is 15. The Morgan fingerprint density at radius 3 is 2.35 bits per heavy atom. The number of aromatic nitrogens is 1. The number of ether oxygens (including phenoxy) is 1. The number of nitrogens with one attached hydrogen (secondary N) is 2. The SMILES string of the molecule is Cc1ncsc1-c1ccc(C(C)NC(=O)C2CC(O)CN2C(=O)C(NC(=O)CCCCCCOc2ccc(C=O)cc2)C(C)(C)C)cc1. The van der Waals surface area contributed by atoms with Crippen molar-refractivity contribution in [1.82, 2.24) is 20.5 Å². The van der Waals surface area contributed by atoms with Crippen molar-refractivity contribution in [3.8, 4) is 16.2 Å². The van der Waals surface area contributed by atoms with E-state index in [-0.39, 0.29) is 43.1 Å². The second-order valence-corrected chi connectivity index (χ2v) is 14.4. The summed E-state index contributed by atoms with van der Waals surface area (Å²) in [7, 11) is 0. The van der Waals surface area contributed by atoms with E-state index in [0.717, 1.165) is 47.2 Å². The highest BCUT2D eigenvalue weighted by Gasteiger charge is 2.44. The predicted octanol–water partition coefficient (Wildman–Crippen LogP) is 5.63. The number of likely N-dealkylation sites (tertiary alicyclic amines) is 1. The van der Waals surface area contributed by atoms with E-state index < -0.39 is 23.6 Å². The molecule has 3 N–H and O–H groups in total. The van der Waals surface area contributed by atoms with Gasteiger partial charge in [-0.15, -0.1) is 11.3 Å². The second kappa shape index (κ2) is 16.8. The number of β-amino-alcohol motifs (C(OH)–C–C–N with tert-alkyl or cyclic N) is 1. The number of aryl methyl sites for hydroxylation is 1. The van der Waals surface area contributed by atoms with E-state index in [4.69, 9.17) is 4.74 Å². The number of carbonyl (C=O) groups excluding carboxylic acids is 4. The van der Waals surface area contributed by atoms with E-state index in [1.54, 1.807) is 35.6 Å². The number of amides is 3. The van der Waals surface area contributed by atoms with Crippen molar-refractivity contribution in [3.63, 3.8) is 0 Å². The molecule has 1 saturated heterocycles. The van der Waals surface area contributed by atoms with Crippen LogP contribution in [-0.2, 0) is 14.4 Å². The van der Waals surface area contributed by atoms with E-state index in [0.29, 0.717) is 24.3 Å². The molecule has 2 aromatic carbocycles. The Bertz CT molecular complexity index is 1530. The minimum atomic E-state index is -0.857. The summed E-state index contributed by atoms with van der Waals surface area (Å²) in [6, 6.07) is 12.9. The Kier molecular flexibility index (Phi) is 12.9. The molecule has 1 aliphatic heterocycles. The first-order valence-corrected chi connectivity index (χ1v) is 17.5. The van der Waals surface area contributed by atoms with Crippen molar-refractivity contribution in [2.75, 3.05) is 13.2 Å². The Balaban J connectivity index is 1.27. The Hall–Kier alpha value is -4.09. The van der Waals surface area contributed by atoms with Gasteiger partial charge in [-0.05, 0) is 67.5 Å². The highest BCUT2D eigenvalue weighted by molar-refractivity contribution is 7.13. The summed E-state index contributed by atoms with van der Waals surface area (Å²) >= 11 is 1.58. The molecule has 1 aliphatic rings. The van der Waals surface area contributed by atoms with Crippen LogP contribution in [0.4, 0.5) is 0 Å². The monoisotopic (exact) mass is 676 g/mol. The average Bonchev–Trinajstić information content (AvgIpc) is 3.67. The molecule has 258 valence electrons. The molecule has 0 aliphatic carbocycles. The first kappa shape index (κ1) is 36.7. The Morgan fingerprint density at radius 2 is 1.73 bits per heavy atom. The van der Waals surface area contributed by atoms with Gasteiger partial charge in [0.05, 0.1) is 34.8 Å². The summed E-state index contributed by atoms with van der Waals surface area (Å²) in [5, 5.41) is 16.5. The molecule has 1 aromatic heterocycles. The number of benzene rings is 2. The average molecular weight is 677 g/mol. The molecule has 0 bridgehead atoms. The number of nitrogens with zero attached hydrogens (tertiary/aromatic N) is 2. The van der Waals surface area contributed by atoms with Crippen molar-refractivity contribution >= 4 is 35.3 Å². The molecule has 10 nitrogen and oxygen atoms in total. The zero-order valence-electron chi connectivity index (χ0n) is 28.5. The third kappa shape index (κ3) is 9.96. The molecule has 4 unspecified atom stereocenters. The molecular weight excluding hydrogens is 628 g/mol. The van der Waals surface area contributed by atoms with Crippen LogP contribution in [0.2, 0.25) is 0 Å². The lowest BCUT2D eigenvalue weighted by atomic mass is 9.85. The van der Waals surface area contributed by atoms with E-state index in [9.17, 15) is 24.3 Å². The highest BCUT2D eigenvalue weighted by atomic mass is 32.1.